The number of aromatic nitrogens is 8. The molecule has 0 aliphatic carbocycles. The molecule has 100 heavy (non-hydrogen) atoms. The van der Waals surface area contributed by atoms with Crippen molar-refractivity contribution in [3.05, 3.63) is 211 Å². The van der Waals surface area contributed by atoms with Gasteiger partial charge in [-0.1, -0.05) is 118 Å². The fraction of sp³-hybridized carbons (Fsp3) is 0.338. The molecule has 544 valence electrons. The zero-order chi connectivity index (χ0) is 73.0. The summed E-state index contributed by atoms with van der Waals surface area (Å²) >= 11 is 39.9. The Morgan fingerprint density at radius 1 is 0.530 bits per heavy atom. The van der Waals surface area contributed by atoms with Crippen molar-refractivity contribution in [3.8, 4) is 22.8 Å². The largest absolute Gasteiger partial charge is 0.480 e. The van der Waals surface area contributed by atoms with E-state index in [2.05, 4.69) is 44.1 Å². The number of alkyl halides is 6. The third kappa shape index (κ3) is 28.0. The molecular weight excluding hydrogens is 1450 g/mol. The summed E-state index contributed by atoms with van der Waals surface area (Å²) in [7, 11) is 0. The fourth-order valence-electron chi connectivity index (χ4n) is 8.62. The molecule has 1 amide bonds. The second kappa shape index (κ2) is 41.3. The average Bonchev–Trinajstić information content (AvgIpc) is 1.66. The van der Waals surface area contributed by atoms with Gasteiger partial charge in [0, 0.05) is 89.9 Å². The average molecular weight is 1530 g/mol. The molecule has 0 spiro atoms. The van der Waals surface area contributed by atoms with E-state index in [-0.39, 0.29) is 57.8 Å². The minimum absolute atomic E-state index is 0. The Morgan fingerprint density at radius 3 is 1.22 bits per heavy atom. The van der Waals surface area contributed by atoms with Gasteiger partial charge in [-0.05, 0) is 196 Å². The van der Waals surface area contributed by atoms with Gasteiger partial charge in [-0.25, -0.2) is 24.7 Å². The van der Waals surface area contributed by atoms with Crippen LogP contribution in [0.3, 0.4) is 0 Å². The zero-order valence-corrected chi connectivity index (χ0v) is 59.9. The number of nitrogen functional groups attached to an aromatic ring is 1. The number of hydrogen-bond donors (Lipinski definition) is 3. The number of carboxylic acid groups (broad SMARTS) is 1. The van der Waals surface area contributed by atoms with Crippen LogP contribution in [0.1, 0.15) is 171 Å². The number of nitrogens with one attached hydrogen (secondary N) is 1. The van der Waals surface area contributed by atoms with Crippen molar-refractivity contribution in [2.24, 2.45) is 10.9 Å². The maximum absolute atomic E-state index is 12.9. The molecule has 2 unspecified atom stereocenters. The quantitative estimate of drug-likeness (QED) is 0.0382. The minimum atomic E-state index is -4.57. The van der Waals surface area contributed by atoms with Crippen LogP contribution in [0, 0.1) is 19.8 Å². The first-order valence-electron chi connectivity index (χ1n) is 29.6. The van der Waals surface area contributed by atoms with Crippen LogP contribution in [0.15, 0.2) is 151 Å². The van der Waals surface area contributed by atoms with E-state index in [9.17, 15) is 45.5 Å². The number of hydrogen-bond acceptors (Lipinski definition) is 10. The van der Waals surface area contributed by atoms with E-state index in [0.29, 0.717) is 66.8 Å². The molecular formula is C71H84Cl7F6N11O5. The number of amides is 1. The maximum atomic E-state index is 12.9. The molecule has 4 heterocycles. The normalized spacial score (nSPS) is 11.6. The lowest BCUT2D eigenvalue weighted by Gasteiger charge is -2.19. The van der Waals surface area contributed by atoms with Gasteiger partial charge < -0.3 is 34.4 Å². The van der Waals surface area contributed by atoms with E-state index >= 15 is 0 Å². The first kappa shape index (κ1) is 90.3. The van der Waals surface area contributed by atoms with Gasteiger partial charge in [-0.3, -0.25) is 19.4 Å². The summed E-state index contributed by atoms with van der Waals surface area (Å²) in [6.45, 7) is 21.6. The van der Waals surface area contributed by atoms with Crippen LogP contribution in [0.5, 0.6) is 0 Å². The van der Waals surface area contributed by atoms with E-state index < -0.39 is 52.9 Å². The number of rotatable bonds is 15. The number of Topliss-reactive ketones (excluding diaryl/α,β-unsaturated/α-hetero) is 1. The van der Waals surface area contributed by atoms with Gasteiger partial charge in [0.15, 0.2) is 17.2 Å². The van der Waals surface area contributed by atoms with E-state index in [0.717, 1.165) is 43.9 Å². The molecule has 2 atom stereocenters. The molecule has 0 saturated carbocycles. The molecule has 4 aromatic heterocycles. The number of ketones is 1. The highest BCUT2D eigenvalue weighted by Crippen LogP contribution is 2.33. The highest BCUT2D eigenvalue weighted by molar-refractivity contribution is 6.69. The van der Waals surface area contributed by atoms with Crippen LogP contribution < -0.4 is 11.1 Å². The van der Waals surface area contributed by atoms with Crippen LogP contribution in [0.4, 0.5) is 38.0 Å². The molecule has 29 heteroatoms. The molecule has 16 nitrogen and oxygen atoms in total. The van der Waals surface area contributed by atoms with E-state index in [1.807, 2.05) is 99.2 Å². The molecule has 0 aliphatic heterocycles. The number of aliphatic carboxylic acids is 1. The van der Waals surface area contributed by atoms with Crippen molar-refractivity contribution < 1.29 is 50.6 Å². The van der Waals surface area contributed by atoms with Crippen molar-refractivity contribution in [2.45, 2.75) is 154 Å². The van der Waals surface area contributed by atoms with Crippen LogP contribution in [0.25, 0.3) is 22.8 Å². The van der Waals surface area contributed by atoms with Crippen LogP contribution in [-0.2, 0) is 21.9 Å². The first-order valence-corrected chi connectivity index (χ1v) is 32.3. The lowest BCUT2D eigenvalue weighted by atomic mass is 10.0. The topological polar surface area (TPSA) is 210 Å². The summed E-state index contributed by atoms with van der Waals surface area (Å²) in [4.78, 5) is 65.1. The van der Waals surface area contributed by atoms with Gasteiger partial charge in [0.1, 0.15) is 52.2 Å². The summed E-state index contributed by atoms with van der Waals surface area (Å²) in [5, 5.41) is 14.8. The SMILES string of the molecule is C.C.C.CC(C)CC(=O)c1ccc(Cl)cc1.CC(C)N=C(Cl)c1ccc(Cl)cc1.CC(C)n1c(N)cnc1-c1ccc(Cl)cc1.Cc1nc(C(F)(F)F)cn1C(C)C(=O)Nc1cnc(-c2ccc(Cl)cc2)n1C(C)C.Cc1nc(C(F)(F)F)cn1C(C)C(=O)O.O=C(Cl)c1ccc(Cl)cc1. The number of imidazole rings is 4. The molecule has 0 aliphatic rings. The molecule has 0 radical (unpaired) electrons. The van der Waals surface area contributed by atoms with Gasteiger partial charge in [-0.2, -0.15) is 26.3 Å². The Hall–Kier alpha value is -7.70. The number of carbonyl (C=O) groups excluding carboxylic acids is 3. The summed E-state index contributed by atoms with van der Waals surface area (Å²) in [5.74, 6) is 1.68. The third-order valence-electron chi connectivity index (χ3n) is 13.4. The lowest BCUT2D eigenvalue weighted by Crippen LogP contribution is -2.25. The minimum Gasteiger partial charge on any atom is -0.480 e. The number of carbonyl (C=O) groups is 4. The number of carboxylic acids is 1. The Balaban J connectivity index is 0.000000623. The maximum Gasteiger partial charge on any atom is 0.434 e. The fourth-order valence-corrected chi connectivity index (χ4v) is 9.69. The second-order valence-corrected chi connectivity index (χ2v) is 25.5. The smallest absolute Gasteiger partial charge is 0.434 e. The monoisotopic (exact) mass is 1530 g/mol. The number of aryl methyl sites for hydroxylation is 2. The van der Waals surface area contributed by atoms with Crippen LogP contribution >= 0.6 is 81.2 Å². The van der Waals surface area contributed by atoms with Gasteiger partial charge in [0.05, 0.1) is 12.4 Å². The van der Waals surface area contributed by atoms with Gasteiger partial charge in [-0.15, -0.1) is 0 Å². The Labute approximate surface area is 615 Å². The van der Waals surface area contributed by atoms with Crippen molar-refractivity contribution in [3.63, 3.8) is 0 Å². The summed E-state index contributed by atoms with van der Waals surface area (Å²) < 4.78 is 81.5. The van der Waals surface area contributed by atoms with Crippen molar-refractivity contribution >= 4 is 121 Å². The number of nitrogens with two attached hydrogens (primary N) is 1. The second-order valence-electron chi connectivity index (χ2n) is 22.6. The standard InChI is InChI=1S/C20H21ClF3N5O.C12H14ClN3.C11H13ClO.C10H11Cl2N.C8H9F3N2O2.C7H4Cl2O.3CH4/c1-11(2)29-17(9-25-18(29)14-5-7-15(21)8-6-14)27-19(30)12(3)28-10-16(20(22,23)24)26-13(28)4;1-8(2)16-11(14)7-15-12(16)9-3-5-10(13)6-4-9;1-8(2)7-11(13)9-3-5-10(12)6-4-9;1-7(2)13-10(12)8-3-5-9(11)6-4-8;1-4(7(14)15)13-3-6(8(9,10)11)12-5(13)2;8-6-3-1-5(2-4-6)7(9)10;;;/h5-12H,1-4H3,(H,27,30);3-8H,14H2,1-2H3;3-6,8H,7H2,1-2H3;3-7H,1-2H3;3-4H,1-2H3,(H,14,15);1-4H;3*1H4. The Morgan fingerprint density at radius 2 is 0.880 bits per heavy atom. The zero-order valence-electron chi connectivity index (χ0n) is 54.6. The van der Waals surface area contributed by atoms with E-state index in [4.69, 9.17) is 92.0 Å². The molecule has 0 bridgehead atoms. The highest BCUT2D eigenvalue weighted by Gasteiger charge is 2.36. The van der Waals surface area contributed by atoms with E-state index in [1.54, 1.807) is 79.0 Å². The molecule has 0 fully saturated rings. The predicted octanol–water partition coefficient (Wildman–Crippen LogP) is 22.7. The summed E-state index contributed by atoms with van der Waals surface area (Å²) in [6.07, 6.45) is -3.77. The number of benzene rings is 5. The summed E-state index contributed by atoms with van der Waals surface area (Å²) in [5.41, 5.74) is 7.74. The number of nitrogens with zero attached hydrogens (tertiary/aromatic N) is 9. The van der Waals surface area contributed by atoms with Crippen LogP contribution in [0.2, 0.25) is 25.1 Å². The molecule has 4 N–H and O–H groups in total. The van der Waals surface area contributed by atoms with Gasteiger partial charge in [0.25, 0.3) is 5.24 Å². The Kier molecular flexibility index (Phi) is 37.3. The first-order chi connectivity index (χ1) is 45.2. The number of halogens is 13. The van der Waals surface area contributed by atoms with Gasteiger partial charge in [0.2, 0.25) is 5.91 Å². The van der Waals surface area contributed by atoms with Crippen molar-refractivity contribution in [2.75, 3.05) is 11.1 Å². The lowest BCUT2D eigenvalue weighted by molar-refractivity contribution is -0.142. The van der Waals surface area contributed by atoms with Crippen LogP contribution in [-0.4, -0.2) is 77.4 Å². The molecule has 5 aromatic carbocycles. The summed E-state index contributed by atoms with van der Waals surface area (Å²) in [6, 6.07) is 34.0. The molecule has 0 saturated heterocycles. The van der Waals surface area contributed by atoms with Crippen molar-refractivity contribution in [1.29, 1.82) is 0 Å². The third-order valence-corrected chi connectivity index (χ3v) is 15.2. The van der Waals surface area contributed by atoms with Crippen molar-refractivity contribution in [1.82, 2.24) is 38.2 Å². The molecule has 9 rings (SSSR count). The van der Waals surface area contributed by atoms with Gasteiger partial charge >= 0.3 is 18.3 Å². The number of anilines is 2. The predicted molar refractivity (Wildman–Crippen MR) is 396 cm³/mol. The number of aliphatic imine (C=N–C) groups is 1. The molecule has 9 aromatic rings. The highest BCUT2D eigenvalue weighted by atomic mass is 35.5. The Bertz CT molecular complexity index is 4060. The van der Waals surface area contributed by atoms with E-state index in [1.165, 1.54) is 38.5 Å².